The molecule has 3 amide bonds. The Kier molecular flexibility index (Phi) is 7.05. The van der Waals surface area contributed by atoms with E-state index >= 15 is 0 Å². The molecular weight excluding hydrogens is 368 g/mol. The Morgan fingerprint density at radius 2 is 1.97 bits per heavy atom. The van der Waals surface area contributed by atoms with Gasteiger partial charge in [-0.05, 0) is 56.0 Å². The van der Waals surface area contributed by atoms with Crippen molar-refractivity contribution >= 4 is 11.9 Å². The molecule has 0 saturated heterocycles. The van der Waals surface area contributed by atoms with Crippen LogP contribution in [0.3, 0.4) is 0 Å². The number of carbonyl (C=O) groups is 2. The van der Waals surface area contributed by atoms with E-state index in [1.165, 1.54) is 0 Å². The molecule has 3 rings (SSSR count). The Bertz CT molecular complexity index is 807. The van der Waals surface area contributed by atoms with Crippen molar-refractivity contribution in [3.05, 3.63) is 59.9 Å². The third kappa shape index (κ3) is 6.48. The first-order valence-electron chi connectivity index (χ1n) is 9.95. The predicted octanol–water partition coefficient (Wildman–Crippen LogP) is 2.68. The van der Waals surface area contributed by atoms with Crippen LogP contribution in [0.4, 0.5) is 4.79 Å². The van der Waals surface area contributed by atoms with E-state index in [0.717, 1.165) is 24.1 Å². The van der Waals surface area contributed by atoms with Gasteiger partial charge in [-0.1, -0.05) is 18.2 Å². The summed E-state index contributed by atoms with van der Waals surface area (Å²) in [6, 6.07) is 13.4. The Hall–Kier alpha value is -3.09. The zero-order chi connectivity index (χ0) is 20.6. The summed E-state index contributed by atoms with van der Waals surface area (Å²) in [6.07, 6.45) is 4.56. The molecule has 1 atom stereocenters. The lowest BCUT2D eigenvalue weighted by Crippen LogP contribution is -2.39. The number of ether oxygens (including phenoxy) is 1. The molecule has 1 aromatic carbocycles. The van der Waals surface area contributed by atoms with Crippen LogP contribution in [0.15, 0.2) is 48.7 Å². The summed E-state index contributed by atoms with van der Waals surface area (Å²) in [5, 5.41) is 5.82. The standard InChI is InChI=1S/C22H28N4O3/c1-16(20-5-3-4-13-23-20)26(2)22(28)24-14-12-17-6-10-19(11-7-17)29-15-21(27)25-18-8-9-18/h3-7,10-11,13,16,18H,8-9,12,14-15H2,1-2H3,(H,24,28)(H,25,27). The van der Waals surface area contributed by atoms with Gasteiger partial charge in [0.05, 0.1) is 11.7 Å². The number of amides is 3. The zero-order valence-corrected chi connectivity index (χ0v) is 16.9. The van der Waals surface area contributed by atoms with Gasteiger partial charge in [0, 0.05) is 25.8 Å². The van der Waals surface area contributed by atoms with Gasteiger partial charge in [0.25, 0.3) is 5.91 Å². The summed E-state index contributed by atoms with van der Waals surface area (Å²) in [6.45, 7) is 2.51. The van der Waals surface area contributed by atoms with Gasteiger partial charge in [-0.15, -0.1) is 0 Å². The molecule has 1 aliphatic rings. The van der Waals surface area contributed by atoms with Gasteiger partial charge in [-0.25, -0.2) is 4.79 Å². The smallest absolute Gasteiger partial charge is 0.317 e. The molecule has 1 aromatic heterocycles. The Morgan fingerprint density at radius 1 is 1.21 bits per heavy atom. The van der Waals surface area contributed by atoms with Crippen LogP contribution in [-0.4, -0.2) is 48.1 Å². The number of urea groups is 1. The van der Waals surface area contributed by atoms with Crippen molar-refractivity contribution in [3.8, 4) is 5.75 Å². The van der Waals surface area contributed by atoms with Gasteiger partial charge in [-0.2, -0.15) is 0 Å². The van der Waals surface area contributed by atoms with Gasteiger partial charge in [0.2, 0.25) is 0 Å². The minimum atomic E-state index is -0.134. The molecule has 0 spiro atoms. The number of rotatable bonds is 9. The van der Waals surface area contributed by atoms with Crippen molar-refractivity contribution in [1.82, 2.24) is 20.5 Å². The van der Waals surface area contributed by atoms with E-state index in [9.17, 15) is 9.59 Å². The first kappa shape index (κ1) is 20.6. The van der Waals surface area contributed by atoms with Crippen LogP contribution in [-0.2, 0) is 11.2 Å². The third-order valence-electron chi connectivity index (χ3n) is 4.94. The second-order valence-electron chi connectivity index (χ2n) is 7.30. The second kappa shape index (κ2) is 9.91. The van der Waals surface area contributed by atoms with Gasteiger partial charge in [0.1, 0.15) is 5.75 Å². The number of nitrogens with zero attached hydrogens (tertiary/aromatic N) is 2. The second-order valence-corrected chi connectivity index (χ2v) is 7.30. The number of benzene rings is 1. The lowest BCUT2D eigenvalue weighted by molar-refractivity contribution is -0.123. The van der Waals surface area contributed by atoms with Gasteiger partial charge in [-0.3, -0.25) is 9.78 Å². The van der Waals surface area contributed by atoms with Crippen LogP contribution in [0.1, 0.15) is 37.1 Å². The topological polar surface area (TPSA) is 83.6 Å². The molecule has 0 radical (unpaired) electrons. The van der Waals surface area contributed by atoms with Crippen LogP contribution < -0.4 is 15.4 Å². The van der Waals surface area contributed by atoms with Crippen LogP contribution in [0, 0.1) is 0 Å². The molecule has 0 bridgehead atoms. The molecule has 2 aromatic rings. The lowest BCUT2D eigenvalue weighted by atomic mass is 10.1. The van der Waals surface area contributed by atoms with Gasteiger partial charge < -0.3 is 20.3 Å². The van der Waals surface area contributed by atoms with E-state index in [1.807, 2.05) is 49.4 Å². The van der Waals surface area contributed by atoms with Crippen LogP contribution in [0.5, 0.6) is 5.75 Å². The van der Waals surface area contributed by atoms with E-state index in [0.29, 0.717) is 24.8 Å². The monoisotopic (exact) mass is 396 g/mol. The summed E-state index contributed by atoms with van der Waals surface area (Å²) >= 11 is 0. The maximum absolute atomic E-state index is 12.4. The van der Waals surface area contributed by atoms with E-state index in [-0.39, 0.29) is 24.6 Å². The fraction of sp³-hybridized carbons (Fsp3) is 0.409. The molecule has 1 unspecified atom stereocenters. The van der Waals surface area contributed by atoms with Crippen molar-refractivity contribution in [2.75, 3.05) is 20.2 Å². The lowest BCUT2D eigenvalue weighted by Gasteiger charge is -2.24. The molecule has 0 aliphatic heterocycles. The fourth-order valence-electron chi connectivity index (χ4n) is 2.83. The van der Waals surface area contributed by atoms with Crippen molar-refractivity contribution in [2.45, 2.75) is 38.3 Å². The fourth-order valence-corrected chi connectivity index (χ4v) is 2.83. The number of hydrogen-bond acceptors (Lipinski definition) is 4. The number of aromatic nitrogens is 1. The zero-order valence-electron chi connectivity index (χ0n) is 16.9. The summed E-state index contributed by atoms with van der Waals surface area (Å²) in [7, 11) is 1.76. The Labute approximate surface area is 171 Å². The number of hydrogen-bond donors (Lipinski definition) is 2. The van der Waals surface area contributed by atoms with Crippen LogP contribution in [0.25, 0.3) is 0 Å². The molecule has 1 fully saturated rings. The quantitative estimate of drug-likeness (QED) is 0.683. The predicted molar refractivity (Wildman–Crippen MR) is 111 cm³/mol. The van der Waals surface area contributed by atoms with E-state index in [1.54, 1.807) is 18.1 Å². The Balaban J connectivity index is 1.38. The van der Waals surface area contributed by atoms with E-state index in [4.69, 9.17) is 4.74 Å². The average Bonchev–Trinajstić information content (AvgIpc) is 3.56. The SMILES string of the molecule is CC(c1ccccn1)N(C)C(=O)NCCc1ccc(OCC(=O)NC2CC2)cc1. The summed E-state index contributed by atoms with van der Waals surface area (Å²) in [5.74, 6) is 0.580. The molecule has 1 saturated carbocycles. The summed E-state index contributed by atoms with van der Waals surface area (Å²) in [4.78, 5) is 30.0. The Morgan fingerprint density at radius 3 is 2.62 bits per heavy atom. The average molecular weight is 396 g/mol. The highest BCUT2D eigenvalue weighted by Crippen LogP contribution is 2.19. The molecule has 29 heavy (non-hydrogen) atoms. The van der Waals surface area contributed by atoms with Crippen molar-refractivity contribution in [2.24, 2.45) is 0 Å². The van der Waals surface area contributed by atoms with Gasteiger partial charge >= 0.3 is 6.03 Å². The van der Waals surface area contributed by atoms with Crippen molar-refractivity contribution in [3.63, 3.8) is 0 Å². The largest absolute Gasteiger partial charge is 0.484 e. The maximum Gasteiger partial charge on any atom is 0.317 e. The molecule has 1 heterocycles. The number of nitrogens with one attached hydrogen (secondary N) is 2. The number of pyridine rings is 1. The van der Waals surface area contributed by atoms with Gasteiger partial charge in [0.15, 0.2) is 6.61 Å². The molecule has 1 aliphatic carbocycles. The van der Waals surface area contributed by atoms with E-state index in [2.05, 4.69) is 15.6 Å². The van der Waals surface area contributed by atoms with Crippen LogP contribution >= 0.6 is 0 Å². The van der Waals surface area contributed by atoms with Crippen molar-refractivity contribution in [1.29, 1.82) is 0 Å². The summed E-state index contributed by atoms with van der Waals surface area (Å²) < 4.78 is 5.50. The molecule has 2 N–H and O–H groups in total. The highest BCUT2D eigenvalue weighted by Gasteiger charge is 2.23. The third-order valence-corrected chi connectivity index (χ3v) is 4.94. The first-order chi connectivity index (χ1) is 14.0. The highest BCUT2D eigenvalue weighted by molar-refractivity contribution is 5.78. The highest BCUT2D eigenvalue weighted by atomic mass is 16.5. The normalized spacial score (nSPS) is 14.0. The summed E-state index contributed by atoms with van der Waals surface area (Å²) in [5.41, 5.74) is 1.94. The molecule has 7 heteroatoms. The molecule has 154 valence electrons. The number of carbonyl (C=O) groups excluding carboxylic acids is 2. The van der Waals surface area contributed by atoms with Crippen LogP contribution in [0.2, 0.25) is 0 Å². The van der Waals surface area contributed by atoms with E-state index < -0.39 is 0 Å². The minimum Gasteiger partial charge on any atom is -0.484 e. The minimum absolute atomic E-state index is 0.0344. The molecule has 7 nitrogen and oxygen atoms in total. The molecular formula is C22H28N4O3. The maximum atomic E-state index is 12.4. The van der Waals surface area contributed by atoms with Crippen molar-refractivity contribution < 1.29 is 14.3 Å². The first-order valence-corrected chi connectivity index (χ1v) is 9.95.